The van der Waals surface area contributed by atoms with Crippen molar-refractivity contribution in [2.45, 2.75) is 37.3 Å². The summed E-state index contributed by atoms with van der Waals surface area (Å²) < 4.78 is 6.57. The van der Waals surface area contributed by atoms with E-state index >= 15 is 0 Å². The van der Waals surface area contributed by atoms with Gasteiger partial charge in [0.25, 0.3) is 0 Å². The number of amides is 1. The van der Waals surface area contributed by atoms with Crippen LogP contribution in [0.5, 0.6) is 0 Å². The Kier molecular flexibility index (Phi) is 3.52. The van der Waals surface area contributed by atoms with Crippen LogP contribution in [0, 0.1) is 0 Å². The largest absolute Gasteiger partial charge is 0.383 e. The lowest BCUT2D eigenvalue weighted by atomic mass is 10.1. The Balaban J connectivity index is 1.41. The highest BCUT2D eigenvalue weighted by molar-refractivity contribution is 5.81. The Bertz CT molecular complexity index is 843. The van der Waals surface area contributed by atoms with Crippen molar-refractivity contribution in [3.8, 4) is 0 Å². The summed E-state index contributed by atoms with van der Waals surface area (Å²) >= 11 is 0. The first-order chi connectivity index (χ1) is 12.7. The summed E-state index contributed by atoms with van der Waals surface area (Å²) in [5.41, 5.74) is 7.67. The minimum atomic E-state index is -0.492. The second-order valence-corrected chi connectivity index (χ2v) is 7.35. The number of nitrogens with two attached hydrogens (primary N) is 1. The van der Waals surface area contributed by atoms with E-state index in [0.29, 0.717) is 25.3 Å². The molecule has 3 aliphatic heterocycles. The third-order valence-electron chi connectivity index (χ3n) is 6.01. The van der Waals surface area contributed by atoms with Gasteiger partial charge in [-0.25, -0.2) is 4.98 Å². The van der Waals surface area contributed by atoms with E-state index in [1.54, 1.807) is 6.20 Å². The van der Waals surface area contributed by atoms with Gasteiger partial charge >= 0.3 is 0 Å². The van der Waals surface area contributed by atoms with E-state index in [0.717, 1.165) is 24.1 Å². The van der Waals surface area contributed by atoms with Crippen LogP contribution in [0.4, 0.5) is 5.82 Å². The van der Waals surface area contributed by atoms with Crippen LogP contribution in [0.2, 0.25) is 0 Å². The van der Waals surface area contributed by atoms with Crippen LogP contribution in [-0.4, -0.2) is 45.5 Å². The number of carbonyl (C=O) groups excluding carboxylic acids is 1. The monoisotopic (exact) mass is 350 g/mol. The molecule has 4 heterocycles. The smallest absolute Gasteiger partial charge is 0.226 e. The molecule has 1 aromatic carbocycles. The van der Waals surface area contributed by atoms with Crippen LogP contribution >= 0.6 is 0 Å². The first kappa shape index (κ1) is 15.8. The summed E-state index contributed by atoms with van der Waals surface area (Å²) in [7, 11) is 0. The third-order valence-corrected chi connectivity index (χ3v) is 6.01. The van der Waals surface area contributed by atoms with E-state index in [-0.39, 0.29) is 18.1 Å². The molecule has 2 aromatic rings. The van der Waals surface area contributed by atoms with Crippen LogP contribution in [-0.2, 0) is 16.1 Å². The average Bonchev–Trinajstić information content (AvgIpc) is 3.28. The van der Waals surface area contributed by atoms with E-state index in [9.17, 15) is 4.79 Å². The van der Waals surface area contributed by atoms with Gasteiger partial charge in [0.05, 0.1) is 12.6 Å². The fourth-order valence-electron chi connectivity index (χ4n) is 4.74. The number of benzene rings is 1. The van der Waals surface area contributed by atoms with E-state index < -0.39 is 5.72 Å². The minimum Gasteiger partial charge on any atom is -0.383 e. The van der Waals surface area contributed by atoms with Gasteiger partial charge in [0.1, 0.15) is 11.9 Å². The van der Waals surface area contributed by atoms with Crippen molar-refractivity contribution in [2.24, 2.45) is 0 Å². The number of carbonyl (C=O) groups is 1. The van der Waals surface area contributed by atoms with E-state index in [1.165, 1.54) is 0 Å². The molecule has 134 valence electrons. The quantitative estimate of drug-likeness (QED) is 0.916. The molecular formula is C20H22N4O2. The predicted molar refractivity (Wildman–Crippen MR) is 96.8 cm³/mol. The molecular weight excluding hydrogens is 328 g/mol. The molecule has 0 saturated carbocycles. The Morgan fingerprint density at radius 1 is 1.23 bits per heavy atom. The maximum Gasteiger partial charge on any atom is 0.226 e. The number of nitrogen functional groups attached to an aromatic ring is 1. The number of rotatable bonds is 3. The SMILES string of the molecule is Nc1ncccc1CN1CC[C@@]23O[C@@H](c4ccccc4)CN2C(=O)C[C@@H]13. The lowest BCUT2D eigenvalue weighted by Gasteiger charge is -2.32. The molecule has 3 aliphatic rings. The number of pyridine rings is 1. The van der Waals surface area contributed by atoms with Crippen LogP contribution in [0.1, 0.15) is 30.1 Å². The maximum absolute atomic E-state index is 12.7. The zero-order valence-electron chi connectivity index (χ0n) is 14.5. The Morgan fingerprint density at radius 2 is 2.08 bits per heavy atom. The average molecular weight is 350 g/mol. The summed E-state index contributed by atoms with van der Waals surface area (Å²) in [6.45, 7) is 2.24. The number of ether oxygens (including phenoxy) is 1. The van der Waals surface area contributed by atoms with Crippen LogP contribution in [0.25, 0.3) is 0 Å². The van der Waals surface area contributed by atoms with Gasteiger partial charge in [-0.1, -0.05) is 36.4 Å². The first-order valence-electron chi connectivity index (χ1n) is 9.14. The molecule has 0 aliphatic carbocycles. The second-order valence-electron chi connectivity index (χ2n) is 7.35. The highest BCUT2D eigenvalue weighted by Crippen LogP contribution is 2.50. The Hall–Kier alpha value is -2.44. The molecule has 0 bridgehead atoms. The van der Waals surface area contributed by atoms with Gasteiger partial charge in [-0.15, -0.1) is 0 Å². The van der Waals surface area contributed by atoms with Gasteiger partial charge in [0, 0.05) is 37.7 Å². The topological polar surface area (TPSA) is 71.7 Å². The number of likely N-dealkylation sites (tertiary alicyclic amines) is 1. The lowest BCUT2D eigenvalue weighted by Crippen LogP contribution is -2.47. The standard InChI is InChI=1S/C20H22N4O2/c21-19-15(7-4-9-22-19)12-23-10-8-20-17(23)11-18(25)24(20)13-16(26-20)14-5-2-1-3-6-14/h1-7,9,16-17H,8,10-13H2,(H2,21,22)/t16-,17-,20+/m1/s1. The van der Waals surface area contributed by atoms with Crippen molar-refractivity contribution >= 4 is 11.7 Å². The molecule has 0 radical (unpaired) electrons. The molecule has 5 rings (SSSR count). The molecule has 26 heavy (non-hydrogen) atoms. The van der Waals surface area contributed by atoms with Gasteiger partial charge in [0.2, 0.25) is 5.91 Å². The zero-order chi connectivity index (χ0) is 17.7. The summed E-state index contributed by atoms with van der Waals surface area (Å²) in [5, 5.41) is 0. The summed E-state index contributed by atoms with van der Waals surface area (Å²) in [4.78, 5) is 21.2. The third kappa shape index (κ3) is 2.26. The molecule has 6 nitrogen and oxygen atoms in total. The van der Waals surface area contributed by atoms with Gasteiger partial charge in [-0.2, -0.15) is 0 Å². The Morgan fingerprint density at radius 3 is 2.88 bits per heavy atom. The molecule has 3 atom stereocenters. The van der Waals surface area contributed by atoms with Crippen molar-refractivity contribution in [3.63, 3.8) is 0 Å². The number of hydrogen-bond acceptors (Lipinski definition) is 5. The molecule has 6 heteroatoms. The van der Waals surface area contributed by atoms with Gasteiger partial charge in [-0.3, -0.25) is 9.69 Å². The van der Waals surface area contributed by atoms with Crippen molar-refractivity contribution in [1.29, 1.82) is 0 Å². The molecule has 2 N–H and O–H groups in total. The summed E-state index contributed by atoms with van der Waals surface area (Å²) in [6, 6.07) is 14.2. The van der Waals surface area contributed by atoms with Crippen molar-refractivity contribution in [3.05, 3.63) is 59.8 Å². The van der Waals surface area contributed by atoms with Crippen LogP contribution in [0.3, 0.4) is 0 Å². The molecule has 1 spiro atoms. The summed E-state index contributed by atoms with van der Waals surface area (Å²) in [6.07, 6.45) is 3.01. The lowest BCUT2D eigenvalue weighted by molar-refractivity contribution is -0.138. The second kappa shape index (κ2) is 5.79. The number of anilines is 1. The molecule has 1 amide bonds. The Labute approximate surface area is 152 Å². The normalized spacial score (nSPS) is 30.6. The first-order valence-corrected chi connectivity index (χ1v) is 9.14. The molecule has 3 fully saturated rings. The highest BCUT2D eigenvalue weighted by atomic mass is 16.5. The van der Waals surface area contributed by atoms with Crippen LogP contribution in [0.15, 0.2) is 48.7 Å². The van der Waals surface area contributed by atoms with E-state index in [2.05, 4.69) is 22.0 Å². The van der Waals surface area contributed by atoms with E-state index in [4.69, 9.17) is 10.5 Å². The highest BCUT2D eigenvalue weighted by Gasteiger charge is 2.63. The number of hydrogen-bond donors (Lipinski definition) is 1. The zero-order valence-corrected chi connectivity index (χ0v) is 14.5. The van der Waals surface area contributed by atoms with Gasteiger partial charge < -0.3 is 15.4 Å². The van der Waals surface area contributed by atoms with Crippen molar-refractivity contribution in [1.82, 2.24) is 14.8 Å². The predicted octanol–water partition coefficient (Wildman–Crippen LogP) is 1.94. The van der Waals surface area contributed by atoms with E-state index in [1.807, 2.05) is 35.2 Å². The van der Waals surface area contributed by atoms with Gasteiger partial charge in [0.15, 0.2) is 5.72 Å². The fraction of sp³-hybridized carbons (Fsp3) is 0.400. The van der Waals surface area contributed by atoms with Gasteiger partial charge in [-0.05, 0) is 11.6 Å². The molecule has 3 saturated heterocycles. The maximum atomic E-state index is 12.7. The molecule has 0 unspecified atom stereocenters. The minimum absolute atomic E-state index is 0.0497. The van der Waals surface area contributed by atoms with Crippen molar-refractivity contribution in [2.75, 3.05) is 18.8 Å². The molecule has 1 aromatic heterocycles. The number of nitrogens with zero attached hydrogens (tertiary/aromatic N) is 3. The summed E-state index contributed by atoms with van der Waals surface area (Å²) in [5.74, 6) is 0.751. The van der Waals surface area contributed by atoms with Crippen LogP contribution < -0.4 is 5.73 Å². The number of aromatic nitrogens is 1. The van der Waals surface area contributed by atoms with Crippen molar-refractivity contribution < 1.29 is 9.53 Å². The fourth-order valence-corrected chi connectivity index (χ4v) is 4.74.